The van der Waals surface area contributed by atoms with Crippen molar-refractivity contribution in [1.82, 2.24) is 5.32 Å². The van der Waals surface area contributed by atoms with Crippen molar-refractivity contribution in [3.8, 4) is 6.07 Å². The van der Waals surface area contributed by atoms with Gasteiger partial charge in [-0.15, -0.1) is 0 Å². The molecule has 1 amide bonds. The Morgan fingerprint density at radius 1 is 1.60 bits per heavy atom. The zero-order valence-electron chi connectivity index (χ0n) is 9.29. The SMILES string of the molecule is CC(C)C(CCO)NC(=O)C1(C#N)CC1. The smallest absolute Gasteiger partial charge is 0.240 e. The largest absolute Gasteiger partial charge is 0.396 e. The van der Waals surface area contributed by atoms with E-state index in [-0.39, 0.29) is 24.5 Å². The molecule has 0 aromatic heterocycles. The first-order chi connectivity index (χ1) is 7.05. The lowest BCUT2D eigenvalue weighted by atomic mass is 9.99. The van der Waals surface area contributed by atoms with Crippen LogP contribution in [0.3, 0.4) is 0 Å². The van der Waals surface area contributed by atoms with Crippen molar-refractivity contribution in [2.45, 2.75) is 39.2 Å². The lowest BCUT2D eigenvalue weighted by molar-refractivity contribution is -0.125. The molecule has 0 aromatic rings. The number of aliphatic hydroxyl groups excluding tert-OH is 1. The topological polar surface area (TPSA) is 73.1 Å². The quantitative estimate of drug-likeness (QED) is 0.705. The average Bonchev–Trinajstić information content (AvgIpc) is 2.97. The molecule has 1 unspecified atom stereocenters. The number of hydrogen-bond acceptors (Lipinski definition) is 3. The van der Waals surface area contributed by atoms with Gasteiger partial charge in [-0.1, -0.05) is 13.8 Å². The highest BCUT2D eigenvalue weighted by Crippen LogP contribution is 2.45. The van der Waals surface area contributed by atoms with Crippen LogP contribution in [0.2, 0.25) is 0 Å². The highest BCUT2D eigenvalue weighted by molar-refractivity contribution is 5.88. The van der Waals surface area contributed by atoms with E-state index in [0.29, 0.717) is 19.3 Å². The van der Waals surface area contributed by atoms with Crippen molar-refractivity contribution in [2.24, 2.45) is 11.3 Å². The number of carbonyl (C=O) groups is 1. The van der Waals surface area contributed by atoms with Crippen LogP contribution in [-0.2, 0) is 4.79 Å². The molecule has 1 aliphatic rings. The number of hydrogen-bond donors (Lipinski definition) is 2. The van der Waals surface area contributed by atoms with E-state index in [1.54, 1.807) is 0 Å². The van der Waals surface area contributed by atoms with Crippen LogP contribution in [0.25, 0.3) is 0 Å². The van der Waals surface area contributed by atoms with Gasteiger partial charge in [-0.05, 0) is 25.2 Å². The van der Waals surface area contributed by atoms with E-state index >= 15 is 0 Å². The van der Waals surface area contributed by atoms with Crippen LogP contribution >= 0.6 is 0 Å². The first-order valence-electron chi connectivity index (χ1n) is 5.39. The molecular weight excluding hydrogens is 192 g/mol. The van der Waals surface area contributed by atoms with Gasteiger partial charge in [0.05, 0.1) is 6.07 Å². The summed E-state index contributed by atoms with van der Waals surface area (Å²) in [6, 6.07) is 2.03. The van der Waals surface area contributed by atoms with Crippen molar-refractivity contribution < 1.29 is 9.90 Å². The Hall–Kier alpha value is -1.08. The molecule has 4 heteroatoms. The molecule has 1 fully saturated rings. The van der Waals surface area contributed by atoms with Gasteiger partial charge in [0.25, 0.3) is 0 Å². The second kappa shape index (κ2) is 4.63. The Morgan fingerprint density at radius 3 is 2.53 bits per heavy atom. The predicted molar refractivity (Wildman–Crippen MR) is 55.8 cm³/mol. The van der Waals surface area contributed by atoms with E-state index in [1.165, 1.54) is 0 Å². The molecule has 0 radical (unpaired) electrons. The third-order valence-electron chi connectivity index (χ3n) is 2.96. The second-order valence-electron chi connectivity index (χ2n) is 4.53. The van der Waals surface area contributed by atoms with Crippen LogP contribution in [-0.4, -0.2) is 23.7 Å². The maximum absolute atomic E-state index is 11.7. The molecule has 0 aromatic carbocycles. The van der Waals surface area contributed by atoms with E-state index in [9.17, 15) is 4.79 Å². The fraction of sp³-hybridized carbons (Fsp3) is 0.818. The van der Waals surface area contributed by atoms with Gasteiger partial charge in [0.2, 0.25) is 5.91 Å². The molecule has 1 rings (SSSR count). The zero-order valence-corrected chi connectivity index (χ0v) is 9.29. The fourth-order valence-corrected chi connectivity index (χ4v) is 1.53. The number of nitrogens with zero attached hydrogens (tertiary/aromatic N) is 1. The summed E-state index contributed by atoms with van der Waals surface area (Å²) in [4.78, 5) is 11.7. The van der Waals surface area contributed by atoms with Crippen LogP contribution in [0, 0.1) is 22.7 Å². The van der Waals surface area contributed by atoms with Gasteiger partial charge in [0.15, 0.2) is 0 Å². The highest BCUT2D eigenvalue weighted by Gasteiger charge is 2.51. The summed E-state index contributed by atoms with van der Waals surface area (Å²) < 4.78 is 0. The molecular formula is C11H18N2O2. The molecule has 15 heavy (non-hydrogen) atoms. The van der Waals surface area contributed by atoms with Crippen LogP contribution in [0.4, 0.5) is 0 Å². The normalized spacial score (nSPS) is 19.4. The Labute approximate surface area is 90.3 Å². The number of carbonyl (C=O) groups excluding carboxylic acids is 1. The Morgan fingerprint density at radius 2 is 2.20 bits per heavy atom. The molecule has 2 N–H and O–H groups in total. The standard InChI is InChI=1S/C11H18N2O2/c1-8(2)9(3-6-14)13-10(15)11(7-12)4-5-11/h8-9,14H,3-6H2,1-2H3,(H,13,15). The minimum absolute atomic E-state index is 0.0340. The summed E-state index contributed by atoms with van der Waals surface area (Å²) >= 11 is 0. The number of rotatable bonds is 5. The van der Waals surface area contributed by atoms with Gasteiger partial charge < -0.3 is 10.4 Å². The van der Waals surface area contributed by atoms with Crippen LogP contribution in [0.1, 0.15) is 33.1 Å². The number of nitrogens with one attached hydrogen (secondary N) is 1. The molecule has 0 aliphatic heterocycles. The molecule has 84 valence electrons. The lowest BCUT2D eigenvalue weighted by Crippen LogP contribution is -2.42. The number of amides is 1. The molecule has 1 atom stereocenters. The molecule has 0 spiro atoms. The number of aliphatic hydroxyl groups is 1. The molecule has 1 saturated carbocycles. The lowest BCUT2D eigenvalue weighted by Gasteiger charge is -2.22. The Balaban J connectivity index is 2.52. The summed E-state index contributed by atoms with van der Waals surface area (Å²) in [5, 5.41) is 20.6. The Bertz CT molecular complexity index is 277. The van der Waals surface area contributed by atoms with Crippen LogP contribution in [0.15, 0.2) is 0 Å². The molecule has 0 heterocycles. The maximum atomic E-state index is 11.7. The van der Waals surface area contributed by atoms with Gasteiger partial charge in [-0.2, -0.15) is 5.26 Å². The van der Waals surface area contributed by atoms with E-state index in [4.69, 9.17) is 10.4 Å². The second-order valence-corrected chi connectivity index (χ2v) is 4.53. The first kappa shape index (κ1) is 12.0. The molecule has 4 nitrogen and oxygen atoms in total. The van der Waals surface area contributed by atoms with Crippen LogP contribution in [0.5, 0.6) is 0 Å². The van der Waals surface area contributed by atoms with E-state index in [2.05, 4.69) is 11.4 Å². The summed E-state index contributed by atoms with van der Waals surface area (Å²) in [5.41, 5.74) is -0.761. The third-order valence-corrected chi connectivity index (χ3v) is 2.96. The maximum Gasteiger partial charge on any atom is 0.240 e. The van der Waals surface area contributed by atoms with Gasteiger partial charge in [-0.3, -0.25) is 4.79 Å². The summed E-state index contributed by atoms with van der Waals surface area (Å²) in [7, 11) is 0. The van der Waals surface area contributed by atoms with Crippen molar-refractivity contribution in [3.05, 3.63) is 0 Å². The van der Waals surface area contributed by atoms with Crippen molar-refractivity contribution in [2.75, 3.05) is 6.61 Å². The molecule has 0 saturated heterocycles. The van der Waals surface area contributed by atoms with Crippen molar-refractivity contribution in [3.63, 3.8) is 0 Å². The van der Waals surface area contributed by atoms with Crippen molar-refractivity contribution in [1.29, 1.82) is 5.26 Å². The summed E-state index contributed by atoms with van der Waals surface area (Å²) in [6.45, 7) is 4.04. The Kier molecular flexibility index (Phi) is 3.70. The molecule has 1 aliphatic carbocycles. The van der Waals surface area contributed by atoms with Gasteiger partial charge >= 0.3 is 0 Å². The van der Waals surface area contributed by atoms with Crippen LogP contribution < -0.4 is 5.32 Å². The van der Waals surface area contributed by atoms with Gasteiger partial charge in [-0.25, -0.2) is 0 Å². The van der Waals surface area contributed by atoms with E-state index in [0.717, 1.165) is 0 Å². The third kappa shape index (κ3) is 2.69. The van der Waals surface area contributed by atoms with Gasteiger partial charge in [0, 0.05) is 12.6 Å². The zero-order chi connectivity index (χ0) is 11.5. The van der Waals surface area contributed by atoms with E-state index in [1.807, 2.05) is 13.8 Å². The minimum atomic E-state index is -0.761. The van der Waals surface area contributed by atoms with Crippen molar-refractivity contribution >= 4 is 5.91 Å². The fourth-order valence-electron chi connectivity index (χ4n) is 1.53. The summed E-state index contributed by atoms with van der Waals surface area (Å²) in [5.74, 6) is 0.104. The summed E-state index contributed by atoms with van der Waals surface area (Å²) in [6.07, 6.45) is 1.88. The predicted octanol–water partition coefficient (Wildman–Crippen LogP) is 0.813. The first-order valence-corrected chi connectivity index (χ1v) is 5.39. The monoisotopic (exact) mass is 210 g/mol. The number of nitriles is 1. The molecule has 0 bridgehead atoms. The van der Waals surface area contributed by atoms with E-state index < -0.39 is 5.41 Å². The van der Waals surface area contributed by atoms with Gasteiger partial charge in [0.1, 0.15) is 5.41 Å². The minimum Gasteiger partial charge on any atom is -0.396 e. The highest BCUT2D eigenvalue weighted by atomic mass is 16.3. The average molecular weight is 210 g/mol.